The van der Waals surface area contributed by atoms with Crippen LogP contribution in [0.25, 0.3) is 0 Å². The van der Waals surface area contributed by atoms with Crippen LogP contribution >= 0.6 is 12.4 Å². The Kier molecular flexibility index (Phi) is 12.8. The zero-order valence-corrected chi connectivity index (χ0v) is 19.0. The molecule has 0 aliphatic heterocycles. The van der Waals surface area contributed by atoms with Gasteiger partial charge in [-0.2, -0.15) is 0 Å². The summed E-state index contributed by atoms with van der Waals surface area (Å²) in [5.41, 5.74) is -0.293. The van der Waals surface area contributed by atoms with E-state index in [0.717, 1.165) is 19.3 Å². The quantitative estimate of drug-likeness (QED) is 0.203. The van der Waals surface area contributed by atoms with Crippen molar-refractivity contribution in [2.75, 3.05) is 13.5 Å². The first-order valence-corrected chi connectivity index (χ1v) is 10.1. The van der Waals surface area contributed by atoms with Gasteiger partial charge in [0.15, 0.2) is 5.96 Å². The van der Waals surface area contributed by atoms with Crippen molar-refractivity contribution in [3.8, 4) is 0 Å². The van der Waals surface area contributed by atoms with Crippen molar-refractivity contribution in [3.05, 3.63) is 0 Å². The van der Waals surface area contributed by atoms with Crippen LogP contribution in [0.2, 0.25) is 0 Å². The Bertz CT molecular complexity index is 552. The lowest BCUT2D eigenvalue weighted by molar-refractivity contribution is -0.153. The number of carbonyl (C=O) groups is 2. The Hall–Kier alpha value is -1.30. The summed E-state index contributed by atoms with van der Waals surface area (Å²) in [4.78, 5) is 24.8. The number of hydrogen-bond donors (Lipinski definition) is 2. The molecule has 6 nitrogen and oxygen atoms in total. The molecule has 0 aromatic heterocycles. The van der Waals surface area contributed by atoms with Crippen molar-refractivity contribution in [3.63, 3.8) is 0 Å². The van der Waals surface area contributed by atoms with Gasteiger partial charge in [0.05, 0.1) is 0 Å². The zero-order chi connectivity index (χ0) is 23.4. The van der Waals surface area contributed by atoms with Crippen LogP contribution in [-0.4, -0.2) is 42.4 Å². The predicted octanol–water partition coefficient (Wildman–Crippen LogP) is 4.90. The number of hydrogen-bond acceptors (Lipinski definition) is 4. The van der Waals surface area contributed by atoms with Gasteiger partial charge in [0.25, 0.3) is 0 Å². The molecule has 1 amide bonds. The smallest absolute Gasteiger partial charge is 0.325 e. The molecule has 0 aliphatic rings. The maximum Gasteiger partial charge on any atom is 0.325 e. The van der Waals surface area contributed by atoms with Crippen molar-refractivity contribution in [2.24, 2.45) is 5.41 Å². The third kappa shape index (κ3) is 14.7. The lowest BCUT2D eigenvalue weighted by atomic mass is 9.90. The molecule has 0 spiro atoms. The minimum atomic E-state index is -2.74. The predicted molar refractivity (Wildman–Crippen MR) is 118 cm³/mol. The van der Waals surface area contributed by atoms with Gasteiger partial charge in [-0.25, -0.2) is 0 Å². The first kappa shape index (κ1) is 23.0. The van der Waals surface area contributed by atoms with Gasteiger partial charge >= 0.3 is 5.97 Å². The third-order valence-corrected chi connectivity index (χ3v) is 4.60. The van der Waals surface area contributed by atoms with E-state index < -0.39 is 37.5 Å². The molecule has 0 radical (unpaired) electrons. The van der Waals surface area contributed by atoms with E-state index in [4.69, 9.17) is 14.3 Å². The second kappa shape index (κ2) is 15.6. The molecule has 7 heteroatoms. The highest BCUT2D eigenvalue weighted by Crippen LogP contribution is 2.21. The Morgan fingerprint density at radius 1 is 1.11 bits per heavy atom. The van der Waals surface area contributed by atoms with E-state index in [9.17, 15) is 9.59 Å². The van der Waals surface area contributed by atoms with E-state index in [1.165, 1.54) is 25.7 Å². The largest absolute Gasteiger partial charge is 0.461 e. The van der Waals surface area contributed by atoms with E-state index in [1.807, 2.05) is 20.8 Å². The molecule has 0 aromatic rings. The molecule has 0 bridgehead atoms. The lowest BCUT2D eigenvalue weighted by Gasteiger charge is -2.28. The Labute approximate surface area is 182 Å². The minimum absolute atomic E-state index is 0. The number of esters is 1. The van der Waals surface area contributed by atoms with Crippen LogP contribution in [0.4, 0.5) is 0 Å². The molecule has 0 rings (SSSR count). The summed E-state index contributed by atoms with van der Waals surface area (Å²) < 4.78 is 28.0. The lowest BCUT2D eigenvalue weighted by Crippen LogP contribution is -2.44. The fraction of sp³-hybridized carbons (Fsp3) is 0.857. The number of guanidine groups is 1. The number of halogens is 1. The Balaban J connectivity index is 0. The second-order valence-corrected chi connectivity index (χ2v) is 8.21. The van der Waals surface area contributed by atoms with E-state index in [2.05, 4.69) is 12.2 Å². The standard InChI is InChI=1S/C21H41N3O3.ClH/c1-7-8-9-10-11-12-13-14-15-18(25)23-20(22)24(6)16-19(26)27-17(2)21(3,4)5;/h17H,7-16H2,1-6H3,(H2,22,23,25);1H/i6D3;. The summed E-state index contributed by atoms with van der Waals surface area (Å²) in [5.74, 6) is -1.78. The van der Waals surface area contributed by atoms with Crippen LogP contribution in [-0.2, 0) is 14.3 Å². The van der Waals surface area contributed by atoms with Crippen molar-refractivity contribution in [2.45, 2.75) is 98.5 Å². The maximum absolute atomic E-state index is 12.2. The van der Waals surface area contributed by atoms with E-state index in [-0.39, 0.29) is 24.2 Å². The molecule has 0 heterocycles. The summed E-state index contributed by atoms with van der Waals surface area (Å²) >= 11 is 0. The van der Waals surface area contributed by atoms with Gasteiger partial charge in [-0.05, 0) is 18.8 Å². The van der Waals surface area contributed by atoms with Gasteiger partial charge in [0, 0.05) is 17.5 Å². The normalized spacial score (nSPS) is 14.0. The number of amides is 1. The molecule has 1 unspecified atom stereocenters. The average molecular weight is 423 g/mol. The molecule has 0 saturated carbocycles. The molecule has 166 valence electrons. The number of nitrogens with one attached hydrogen (secondary N) is 2. The van der Waals surface area contributed by atoms with Crippen LogP contribution in [0.5, 0.6) is 0 Å². The van der Waals surface area contributed by atoms with E-state index in [0.29, 0.717) is 11.3 Å². The van der Waals surface area contributed by atoms with E-state index >= 15 is 0 Å². The number of rotatable bonds is 12. The van der Waals surface area contributed by atoms with Crippen LogP contribution in [0, 0.1) is 10.8 Å². The van der Waals surface area contributed by atoms with Crippen molar-refractivity contribution >= 4 is 30.2 Å². The van der Waals surface area contributed by atoms with Crippen molar-refractivity contribution < 1.29 is 18.4 Å². The van der Waals surface area contributed by atoms with Crippen LogP contribution in [0.3, 0.4) is 0 Å². The summed E-state index contributed by atoms with van der Waals surface area (Å²) in [7, 11) is 0. The topological polar surface area (TPSA) is 82.5 Å². The number of nitrogens with zero attached hydrogens (tertiary/aromatic N) is 1. The van der Waals surface area contributed by atoms with Gasteiger partial charge in [-0.1, -0.05) is 72.6 Å². The van der Waals surface area contributed by atoms with Crippen LogP contribution in [0.15, 0.2) is 0 Å². The summed E-state index contributed by atoms with van der Waals surface area (Å²) in [6, 6.07) is 0. The summed E-state index contributed by atoms with van der Waals surface area (Å²) in [5, 5.41) is 10.3. The Morgan fingerprint density at radius 2 is 1.64 bits per heavy atom. The highest BCUT2D eigenvalue weighted by molar-refractivity contribution is 5.96. The number of ether oxygens (including phenoxy) is 1. The summed E-state index contributed by atoms with van der Waals surface area (Å²) in [6.07, 6.45) is 8.55. The average Bonchev–Trinajstić information content (AvgIpc) is 2.60. The van der Waals surface area contributed by atoms with Gasteiger partial charge in [-0.15, -0.1) is 12.4 Å². The molecular formula is C21H42ClN3O3. The fourth-order valence-corrected chi connectivity index (χ4v) is 2.30. The van der Waals surface area contributed by atoms with Gasteiger partial charge in [0.2, 0.25) is 5.91 Å². The molecule has 0 aromatic carbocycles. The Morgan fingerprint density at radius 3 is 2.14 bits per heavy atom. The van der Waals surface area contributed by atoms with Crippen molar-refractivity contribution in [1.82, 2.24) is 10.2 Å². The van der Waals surface area contributed by atoms with Gasteiger partial charge in [0.1, 0.15) is 12.6 Å². The number of unbranched alkanes of at least 4 members (excludes halogenated alkanes) is 7. The first-order valence-electron chi connectivity index (χ1n) is 11.6. The maximum atomic E-state index is 12.2. The zero-order valence-electron chi connectivity index (χ0n) is 21.2. The second-order valence-electron chi connectivity index (χ2n) is 8.21. The number of likely N-dealkylation sites (N-methyl/N-ethyl adjacent to an activating group) is 1. The number of carbonyl (C=O) groups excluding carboxylic acids is 2. The third-order valence-electron chi connectivity index (χ3n) is 4.60. The fourth-order valence-electron chi connectivity index (χ4n) is 2.30. The molecule has 0 fully saturated rings. The van der Waals surface area contributed by atoms with Gasteiger partial charge in [-0.3, -0.25) is 20.3 Å². The van der Waals surface area contributed by atoms with Gasteiger partial charge < -0.3 is 9.64 Å². The molecule has 2 N–H and O–H groups in total. The molecule has 1 atom stereocenters. The summed E-state index contributed by atoms with van der Waals surface area (Å²) in [6.45, 7) is 6.24. The molecule has 0 saturated heterocycles. The first-order chi connectivity index (χ1) is 13.8. The van der Waals surface area contributed by atoms with Crippen molar-refractivity contribution in [1.29, 1.82) is 5.41 Å². The highest BCUT2D eigenvalue weighted by Gasteiger charge is 2.24. The molecule has 28 heavy (non-hydrogen) atoms. The SMILES string of the molecule is Cl.[2H]C([2H])([2H])N(CC(=O)OC(C)C(C)(C)C)C(=N)NC(=O)CCCCCCCCCC. The molecule has 0 aliphatic carbocycles. The minimum Gasteiger partial charge on any atom is -0.461 e. The van der Waals surface area contributed by atoms with E-state index in [1.54, 1.807) is 6.92 Å². The van der Waals surface area contributed by atoms with Crippen LogP contribution in [0.1, 0.15) is 96.5 Å². The highest BCUT2D eigenvalue weighted by atomic mass is 35.5. The molecular weight excluding hydrogens is 378 g/mol. The monoisotopic (exact) mass is 422 g/mol. The van der Waals surface area contributed by atoms with Crippen LogP contribution < -0.4 is 5.32 Å².